The number of benzene rings is 2. The van der Waals surface area contributed by atoms with Gasteiger partial charge in [0.05, 0.1) is 7.11 Å². The monoisotopic (exact) mass is 568 g/mol. The maximum absolute atomic E-state index is 12.5. The quantitative estimate of drug-likeness (QED) is 0.199. The lowest BCUT2D eigenvalue weighted by Gasteiger charge is -2.37. The topological polar surface area (TPSA) is 83.5 Å². The number of pyridine rings is 1. The van der Waals surface area contributed by atoms with Crippen LogP contribution in [0.3, 0.4) is 0 Å². The molecule has 0 aliphatic carbocycles. The number of piperazine rings is 1. The van der Waals surface area contributed by atoms with Crippen molar-refractivity contribution in [2.45, 2.75) is 30.7 Å². The molecule has 1 saturated heterocycles. The summed E-state index contributed by atoms with van der Waals surface area (Å²) in [6.07, 6.45) is 3.33. The predicted octanol–water partition coefficient (Wildman–Crippen LogP) is 5.03. The fraction of sp³-hybridized carbons (Fsp3) is 0.312. The molecule has 0 unspecified atom stereocenters. The largest absolute Gasteiger partial charge is 0.497 e. The number of aromatic nitrogens is 3. The minimum atomic E-state index is -0.0733. The Morgan fingerprint density at radius 3 is 2.37 bits per heavy atom. The summed E-state index contributed by atoms with van der Waals surface area (Å²) in [4.78, 5) is 31.3. The third kappa shape index (κ3) is 7.76. The number of thioether (sulfide) groups is 1. The number of nitrogens with zero attached hydrogens (tertiary/aromatic N) is 5. The Kier molecular flexibility index (Phi) is 9.69. The fourth-order valence-electron chi connectivity index (χ4n) is 4.71. The van der Waals surface area contributed by atoms with E-state index in [1.165, 1.54) is 5.69 Å². The van der Waals surface area contributed by atoms with Gasteiger partial charge in [0.1, 0.15) is 11.6 Å². The number of anilines is 2. The van der Waals surface area contributed by atoms with Gasteiger partial charge in [0, 0.05) is 79.8 Å². The number of aryl methyl sites for hydroxylation is 1. The van der Waals surface area contributed by atoms with Gasteiger partial charge in [0.2, 0.25) is 0 Å². The second-order valence-corrected chi connectivity index (χ2v) is 10.8. The summed E-state index contributed by atoms with van der Waals surface area (Å²) in [5.41, 5.74) is 5.01. The van der Waals surface area contributed by atoms with Gasteiger partial charge in [-0.1, -0.05) is 36.9 Å². The van der Waals surface area contributed by atoms with Crippen LogP contribution in [0.2, 0.25) is 0 Å². The summed E-state index contributed by atoms with van der Waals surface area (Å²) in [5.74, 6) is 2.53. The van der Waals surface area contributed by atoms with Gasteiger partial charge >= 0.3 is 0 Å². The fourth-order valence-corrected chi connectivity index (χ4v) is 5.53. The molecule has 3 heterocycles. The Labute approximate surface area is 246 Å². The molecule has 0 radical (unpaired) electrons. The van der Waals surface area contributed by atoms with E-state index < -0.39 is 0 Å². The van der Waals surface area contributed by atoms with Crippen LogP contribution in [-0.4, -0.2) is 60.7 Å². The molecule has 41 heavy (non-hydrogen) atoms. The number of rotatable bonds is 11. The predicted molar refractivity (Wildman–Crippen MR) is 165 cm³/mol. The van der Waals surface area contributed by atoms with E-state index in [4.69, 9.17) is 14.7 Å². The number of nitrogens with one attached hydrogen (secondary N) is 1. The summed E-state index contributed by atoms with van der Waals surface area (Å²) in [5, 5.41) is 3.76. The number of carbonyl (C=O) groups is 1. The van der Waals surface area contributed by atoms with Crippen molar-refractivity contribution in [2.75, 3.05) is 49.6 Å². The van der Waals surface area contributed by atoms with Crippen molar-refractivity contribution in [3.63, 3.8) is 0 Å². The molecule has 0 spiro atoms. The van der Waals surface area contributed by atoms with Crippen LogP contribution < -0.4 is 19.9 Å². The van der Waals surface area contributed by atoms with E-state index in [2.05, 4.69) is 45.2 Å². The van der Waals surface area contributed by atoms with Crippen LogP contribution in [0.1, 0.15) is 34.2 Å². The molecular weight excluding hydrogens is 532 g/mol. The van der Waals surface area contributed by atoms with Crippen LogP contribution in [0, 0.1) is 0 Å². The molecule has 8 nitrogen and oxygen atoms in total. The number of hydrogen-bond acceptors (Lipinski definition) is 8. The van der Waals surface area contributed by atoms with Crippen LogP contribution in [0.4, 0.5) is 11.5 Å². The van der Waals surface area contributed by atoms with Crippen molar-refractivity contribution >= 4 is 29.2 Å². The number of ether oxygens (including phenoxy) is 1. The Hall–Kier alpha value is -4.11. The van der Waals surface area contributed by atoms with E-state index in [-0.39, 0.29) is 5.91 Å². The first-order chi connectivity index (χ1) is 20.1. The zero-order valence-corrected chi connectivity index (χ0v) is 24.4. The van der Waals surface area contributed by atoms with Gasteiger partial charge in [0.25, 0.3) is 5.91 Å². The van der Waals surface area contributed by atoms with Gasteiger partial charge in [-0.25, -0.2) is 9.97 Å². The molecule has 2 aromatic heterocycles. The standard InChI is InChI=1S/C32H36N6O2S/c1-3-26-22-30(38-20-18-37(19-21-38)28-11-13-29(40-2)14-12-28)36-32(35-26)41-23-24-7-9-25(10-8-24)31(39)34-17-15-27-6-4-5-16-33-27/h4-14,16,22H,3,15,17-21,23H2,1-2H3,(H,34,39). The maximum atomic E-state index is 12.5. The van der Waals surface area contributed by atoms with E-state index in [1.54, 1.807) is 25.1 Å². The Morgan fingerprint density at radius 1 is 0.927 bits per heavy atom. The van der Waals surface area contributed by atoms with E-state index in [0.29, 0.717) is 18.5 Å². The number of carbonyl (C=O) groups excluding carboxylic acids is 1. The first-order valence-electron chi connectivity index (χ1n) is 14.0. The Balaban J connectivity index is 1.14. The maximum Gasteiger partial charge on any atom is 0.251 e. The second kappa shape index (κ2) is 14.0. The van der Waals surface area contributed by atoms with E-state index in [0.717, 1.165) is 72.0 Å². The molecule has 5 rings (SSSR count). The van der Waals surface area contributed by atoms with Gasteiger partial charge in [-0.2, -0.15) is 0 Å². The van der Waals surface area contributed by atoms with Crippen molar-refractivity contribution in [1.29, 1.82) is 0 Å². The Morgan fingerprint density at radius 2 is 1.68 bits per heavy atom. The number of hydrogen-bond donors (Lipinski definition) is 1. The van der Waals surface area contributed by atoms with Gasteiger partial charge in [-0.3, -0.25) is 9.78 Å². The SMILES string of the molecule is CCc1cc(N2CCN(c3ccc(OC)cc3)CC2)nc(SCc2ccc(C(=O)NCCc3ccccn3)cc2)n1. The normalized spacial score (nSPS) is 13.2. The zero-order valence-electron chi connectivity index (χ0n) is 23.6. The minimum absolute atomic E-state index is 0.0733. The van der Waals surface area contributed by atoms with E-state index in [9.17, 15) is 4.79 Å². The summed E-state index contributed by atoms with van der Waals surface area (Å²) in [6.45, 7) is 6.36. The molecule has 2 aromatic carbocycles. The van der Waals surface area contributed by atoms with Crippen LogP contribution in [-0.2, 0) is 18.6 Å². The van der Waals surface area contributed by atoms with Crippen molar-refractivity contribution in [2.24, 2.45) is 0 Å². The van der Waals surface area contributed by atoms with Crippen LogP contribution in [0.5, 0.6) is 5.75 Å². The number of methoxy groups -OCH3 is 1. The van der Waals surface area contributed by atoms with Crippen LogP contribution in [0.25, 0.3) is 0 Å². The minimum Gasteiger partial charge on any atom is -0.497 e. The van der Waals surface area contributed by atoms with Crippen molar-refractivity contribution in [3.8, 4) is 5.75 Å². The summed E-state index contributed by atoms with van der Waals surface area (Å²) in [7, 11) is 1.69. The first-order valence-corrected chi connectivity index (χ1v) is 15.0. The third-order valence-electron chi connectivity index (χ3n) is 7.13. The second-order valence-electron chi connectivity index (χ2n) is 9.84. The lowest BCUT2D eigenvalue weighted by atomic mass is 10.1. The smallest absolute Gasteiger partial charge is 0.251 e. The average Bonchev–Trinajstić information content (AvgIpc) is 3.04. The molecule has 1 amide bonds. The van der Waals surface area contributed by atoms with Crippen molar-refractivity contribution in [1.82, 2.24) is 20.3 Å². The molecule has 0 saturated carbocycles. The van der Waals surface area contributed by atoms with E-state index >= 15 is 0 Å². The summed E-state index contributed by atoms with van der Waals surface area (Å²) in [6, 6.07) is 23.9. The van der Waals surface area contributed by atoms with Crippen LogP contribution in [0.15, 0.2) is 84.1 Å². The molecule has 1 aliphatic rings. The molecule has 4 aromatic rings. The van der Waals surface area contributed by atoms with Crippen molar-refractivity contribution < 1.29 is 9.53 Å². The summed E-state index contributed by atoms with van der Waals surface area (Å²) < 4.78 is 5.29. The van der Waals surface area contributed by atoms with Gasteiger partial charge in [0.15, 0.2) is 5.16 Å². The highest BCUT2D eigenvalue weighted by Gasteiger charge is 2.20. The first kappa shape index (κ1) is 28.4. The lowest BCUT2D eigenvalue weighted by Crippen LogP contribution is -2.46. The molecular formula is C32H36N6O2S. The highest BCUT2D eigenvalue weighted by molar-refractivity contribution is 7.98. The number of amides is 1. The van der Waals surface area contributed by atoms with Crippen LogP contribution >= 0.6 is 11.8 Å². The highest BCUT2D eigenvalue weighted by atomic mass is 32.2. The molecule has 1 N–H and O–H groups in total. The average molecular weight is 569 g/mol. The molecule has 0 atom stereocenters. The molecule has 1 aliphatic heterocycles. The molecule has 212 valence electrons. The van der Waals surface area contributed by atoms with Gasteiger partial charge in [-0.05, 0) is 60.5 Å². The molecule has 1 fully saturated rings. The summed E-state index contributed by atoms with van der Waals surface area (Å²) >= 11 is 1.63. The molecule has 0 bridgehead atoms. The Bertz CT molecular complexity index is 1410. The van der Waals surface area contributed by atoms with E-state index in [1.807, 2.05) is 54.6 Å². The highest BCUT2D eigenvalue weighted by Crippen LogP contribution is 2.26. The zero-order chi connectivity index (χ0) is 28.4. The lowest BCUT2D eigenvalue weighted by molar-refractivity contribution is 0.0954. The van der Waals surface area contributed by atoms with Gasteiger partial charge in [-0.15, -0.1) is 0 Å². The molecule has 9 heteroatoms. The van der Waals surface area contributed by atoms with Crippen molar-refractivity contribution in [3.05, 3.63) is 102 Å². The van der Waals surface area contributed by atoms with Gasteiger partial charge < -0.3 is 19.9 Å². The third-order valence-corrected chi connectivity index (χ3v) is 8.04.